The van der Waals surface area contributed by atoms with Crippen molar-refractivity contribution in [3.63, 3.8) is 0 Å². The molecule has 0 bridgehead atoms. The Balaban J connectivity index is 2.04. The Kier molecular flexibility index (Phi) is 4.54. The van der Waals surface area contributed by atoms with Gasteiger partial charge in [-0.2, -0.15) is 0 Å². The highest BCUT2D eigenvalue weighted by Gasteiger charge is 2.30. The van der Waals surface area contributed by atoms with E-state index in [4.69, 9.17) is 4.74 Å². The summed E-state index contributed by atoms with van der Waals surface area (Å²) in [4.78, 5) is 22.4. The number of nitro groups is 1. The van der Waals surface area contributed by atoms with Gasteiger partial charge in [0.1, 0.15) is 0 Å². The summed E-state index contributed by atoms with van der Waals surface area (Å²) in [7, 11) is 0. The Morgan fingerprint density at radius 3 is 2.71 bits per heavy atom. The van der Waals surface area contributed by atoms with Gasteiger partial charge in [-0.3, -0.25) is 14.9 Å². The monoisotopic (exact) mass is 294 g/mol. The Morgan fingerprint density at radius 2 is 2.10 bits per heavy atom. The van der Waals surface area contributed by atoms with Gasteiger partial charge in [0.25, 0.3) is 11.6 Å². The van der Waals surface area contributed by atoms with Gasteiger partial charge in [-0.1, -0.05) is 0 Å². The first-order valence-electron chi connectivity index (χ1n) is 6.74. The highest BCUT2D eigenvalue weighted by molar-refractivity contribution is 5.95. The molecule has 1 saturated heterocycles. The van der Waals surface area contributed by atoms with E-state index >= 15 is 0 Å². The fourth-order valence-corrected chi connectivity index (χ4v) is 2.27. The van der Waals surface area contributed by atoms with Gasteiger partial charge in [-0.25, -0.2) is 0 Å². The van der Waals surface area contributed by atoms with Crippen molar-refractivity contribution in [1.29, 1.82) is 0 Å². The van der Waals surface area contributed by atoms with Crippen molar-refractivity contribution >= 4 is 11.6 Å². The Bertz CT molecular complexity index is 552. The zero-order valence-electron chi connectivity index (χ0n) is 11.8. The van der Waals surface area contributed by atoms with Crippen LogP contribution in [0.2, 0.25) is 0 Å². The molecule has 21 heavy (non-hydrogen) atoms. The van der Waals surface area contributed by atoms with Gasteiger partial charge < -0.3 is 15.2 Å². The van der Waals surface area contributed by atoms with Gasteiger partial charge in [-0.05, 0) is 18.6 Å². The molecule has 0 radical (unpaired) electrons. The Morgan fingerprint density at radius 1 is 1.43 bits per heavy atom. The molecule has 114 valence electrons. The molecule has 0 saturated carbocycles. The number of nitro benzene ring substituents is 1. The van der Waals surface area contributed by atoms with E-state index in [1.54, 1.807) is 13.0 Å². The topological polar surface area (TPSA) is 102 Å². The van der Waals surface area contributed by atoms with Crippen LogP contribution in [0.5, 0.6) is 0 Å². The summed E-state index contributed by atoms with van der Waals surface area (Å²) in [5.74, 6) is -0.429. The maximum atomic E-state index is 12.1. The number of nitrogens with zero attached hydrogens (tertiary/aromatic N) is 1. The molecule has 1 heterocycles. The maximum Gasteiger partial charge on any atom is 0.270 e. The molecule has 7 nitrogen and oxygen atoms in total. The van der Waals surface area contributed by atoms with E-state index in [0.29, 0.717) is 31.6 Å². The molecule has 2 rings (SSSR count). The minimum Gasteiger partial charge on any atom is -0.388 e. The second kappa shape index (κ2) is 6.19. The van der Waals surface area contributed by atoms with Crippen LogP contribution < -0.4 is 5.32 Å². The predicted molar refractivity (Wildman–Crippen MR) is 75.2 cm³/mol. The van der Waals surface area contributed by atoms with Gasteiger partial charge in [-0.15, -0.1) is 0 Å². The van der Waals surface area contributed by atoms with Crippen LogP contribution in [0.4, 0.5) is 5.69 Å². The lowest BCUT2D eigenvalue weighted by Gasteiger charge is -2.32. The van der Waals surface area contributed by atoms with Gasteiger partial charge in [0, 0.05) is 50.3 Å². The van der Waals surface area contributed by atoms with Crippen LogP contribution in [0.3, 0.4) is 0 Å². The normalized spacial score (nSPS) is 17.2. The SMILES string of the molecule is Cc1cc(C(=O)NCC2(O)CCOCC2)cc([N+](=O)[O-])c1. The summed E-state index contributed by atoms with van der Waals surface area (Å²) in [5.41, 5.74) is -0.231. The molecule has 1 aromatic carbocycles. The number of amides is 1. The van der Waals surface area contributed by atoms with Gasteiger partial charge in [0.05, 0.1) is 10.5 Å². The van der Waals surface area contributed by atoms with E-state index in [1.807, 2.05) is 0 Å². The third-order valence-electron chi connectivity index (χ3n) is 3.54. The molecule has 1 aliphatic rings. The van der Waals surface area contributed by atoms with Gasteiger partial charge in [0.2, 0.25) is 0 Å². The fraction of sp³-hybridized carbons (Fsp3) is 0.500. The van der Waals surface area contributed by atoms with Crippen molar-refractivity contribution in [2.75, 3.05) is 19.8 Å². The number of carbonyl (C=O) groups is 1. The quantitative estimate of drug-likeness (QED) is 0.641. The number of hydrogen-bond donors (Lipinski definition) is 2. The van der Waals surface area contributed by atoms with E-state index in [2.05, 4.69) is 5.32 Å². The summed E-state index contributed by atoms with van der Waals surface area (Å²) in [5, 5.41) is 23.7. The van der Waals surface area contributed by atoms with Crippen molar-refractivity contribution in [3.8, 4) is 0 Å². The van der Waals surface area contributed by atoms with E-state index in [0.717, 1.165) is 0 Å². The Hall–Kier alpha value is -1.99. The molecular formula is C14H18N2O5. The first-order chi connectivity index (χ1) is 9.89. The highest BCUT2D eigenvalue weighted by atomic mass is 16.6. The standard InChI is InChI=1S/C14H18N2O5/c1-10-6-11(8-12(7-10)16(19)20)13(17)15-9-14(18)2-4-21-5-3-14/h6-8,18H,2-5,9H2,1H3,(H,15,17). The molecule has 0 aromatic heterocycles. The summed E-state index contributed by atoms with van der Waals surface area (Å²) >= 11 is 0. The smallest absolute Gasteiger partial charge is 0.270 e. The molecule has 1 aliphatic heterocycles. The second-order valence-electron chi connectivity index (χ2n) is 5.33. The molecule has 0 unspecified atom stereocenters. The summed E-state index contributed by atoms with van der Waals surface area (Å²) in [6.07, 6.45) is 0.919. The van der Waals surface area contributed by atoms with Crippen LogP contribution in [0.1, 0.15) is 28.8 Å². The minimum absolute atomic E-state index is 0.108. The number of aryl methyl sites for hydroxylation is 1. The lowest BCUT2D eigenvalue weighted by atomic mass is 9.94. The van der Waals surface area contributed by atoms with Crippen molar-refractivity contribution in [2.24, 2.45) is 0 Å². The third kappa shape index (κ3) is 3.99. The first-order valence-corrected chi connectivity index (χ1v) is 6.74. The number of hydrogen-bond acceptors (Lipinski definition) is 5. The molecule has 1 fully saturated rings. The molecule has 1 aromatic rings. The number of rotatable bonds is 4. The minimum atomic E-state index is -0.969. The largest absolute Gasteiger partial charge is 0.388 e. The molecular weight excluding hydrogens is 276 g/mol. The fourth-order valence-electron chi connectivity index (χ4n) is 2.27. The number of aliphatic hydroxyl groups is 1. The van der Waals surface area contributed by atoms with Crippen molar-refractivity contribution < 1.29 is 19.6 Å². The van der Waals surface area contributed by atoms with Crippen LogP contribution in [0.25, 0.3) is 0 Å². The summed E-state index contributed by atoms with van der Waals surface area (Å²) in [6, 6.07) is 4.22. The molecule has 0 aliphatic carbocycles. The highest BCUT2D eigenvalue weighted by Crippen LogP contribution is 2.20. The molecule has 0 atom stereocenters. The van der Waals surface area contributed by atoms with E-state index in [1.165, 1.54) is 12.1 Å². The zero-order valence-corrected chi connectivity index (χ0v) is 11.8. The zero-order chi connectivity index (χ0) is 15.5. The van der Waals surface area contributed by atoms with Crippen LogP contribution in [0, 0.1) is 17.0 Å². The van der Waals surface area contributed by atoms with Crippen molar-refractivity contribution in [3.05, 3.63) is 39.4 Å². The second-order valence-corrected chi connectivity index (χ2v) is 5.33. The van der Waals surface area contributed by atoms with Crippen LogP contribution in [-0.4, -0.2) is 41.3 Å². The van der Waals surface area contributed by atoms with Crippen molar-refractivity contribution in [2.45, 2.75) is 25.4 Å². The number of benzene rings is 1. The van der Waals surface area contributed by atoms with Gasteiger partial charge in [0.15, 0.2) is 0 Å². The summed E-state index contributed by atoms with van der Waals surface area (Å²) in [6.45, 7) is 2.72. The lowest BCUT2D eigenvalue weighted by Crippen LogP contribution is -2.46. The molecule has 7 heteroatoms. The molecule has 2 N–H and O–H groups in total. The summed E-state index contributed by atoms with van der Waals surface area (Å²) < 4.78 is 5.17. The van der Waals surface area contributed by atoms with Crippen molar-refractivity contribution in [1.82, 2.24) is 5.32 Å². The number of ether oxygens (including phenoxy) is 1. The van der Waals surface area contributed by atoms with Crippen LogP contribution in [-0.2, 0) is 4.74 Å². The van der Waals surface area contributed by atoms with E-state index in [9.17, 15) is 20.0 Å². The van der Waals surface area contributed by atoms with E-state index in [-0.39, 0.29) is 17.8 Å². The molecule has 1 amide bonds. The van der Waals surface area contributed by atoms with Gasteiger partial charge >= 0.3 is 0 Å². The number of nitrogens with one attached hydrogen (secondary N) is 1. The predicted octanol–water partition coefficient (Wildman–Crippen LogP) is 1.17. The first kappa shape index (κ1) is 15.4. The number of carbonyl (C=O) groups excluding carboxylic acids is 1. The van der Waals surface area contributed by atoms with E-state index < -0.39 is 16.4 Å². The average molecular weight is 294 g/mol. The Labute approximate surface area is 122 Å². The lowest BCUT2D eigenvalue weighted by molar-refractivity contribution is -0.384. The number of non-ortho nitro benzene ring substituents is 1. The van der Waals surface area contributed by atoms with Crippen LogP contribution in [0.15, 0.2) is 18.2 Å². The molecule has 0 spiro atoms. The average Bonchev–Trinajstić information content (AvgIpc) is 2.45. The maximum absolute atomic E-state index is 12.1. The third-order valence-corrected chi connectivity index (χ3v) is 3.54. The van der Waals surface area contributed by atoms with Crippen LogP contribution >= 0.6 is 0 Å².